The molecule has 2 N–H and O–H groups in total. The average molecular weight is 519 g/mol. The van der Waals surface area contributed by atoms with Crippen molar-refractivity contribution in [3.05, 3.63) is 83.7 Å². The average Bonchev–Trinajstić information content (AvgIpc) is 3.41. The summed E-state index contributed by atoms with van der Waals surface area (Å²) in [4.78, 5) is 20.7. The number of ether oxygens (including phenoxy) is 1. The predicted octanol–water partition coefficient (Wildman–Crippen LogP) is 5.96. The van der Waals surface area contributed by atoms with Crippen LogP contribution in [-0.4, -0.2) is 49.3 Å². The van der Waals surface area contributed by atoms with Gasteiger partial charge in [-0.05, 0) is 41.5 Å². The van der Waals surface area contributed by atoms with E-state index in [4.69, 9.17) is 14.8 Å². The number of benzene rings is 3. The van der Waals surface area contributed by atoms with Gasteiger partial charge in [-0.25, -0.2) is 9.78 Å². The summed E-state index contributed by atoms with van der Waals surface area (Å²) < 4.78 is 8.55. The zero-order chi connectivity index (χ0) is 24.9. The highest BCUT2D eigenvalue weighted by atomic mass is 32.2. The molecule has 1 fully saturated rings. The molecule has 0 amide bonds. The van der Waals surface area contributed by atoms with E-state index in [1.54, 1.807) is 23.5 Å². The molecule has 7 nitrogen and oxygen atoms in total. The van der Waals surface area contributed by atoms with E-state index in [-0.39, 0.29) is 5.56 Å². The van der Waals surface area contributed by atoms with Crippen LogP contribution in [0.5, 0.6) is 5.75 Å². The molecule has 3 aromatic carbocycles. The Bertz CT molecular complexity index is 1320. The SMILES string of the molecule is COc1cc(C(=O)O)ccc1NSc1csc(N2CCN(c3ccc(-c4ccccc4)cc3)CC2)n1. The minimum absolute atomic E-state index is 0.185. The third kappa shape index (κ3) is 5.42. The Hall–Kier alpha value is -3.69. The Morgan fingerprint density at radius 2 is 1.67 bits per heavy atom. The van der Waals surface area contributed by atoms with E-state index >= 15 is 0 Å². The van der Waals surface area contributed by atoms with Crippen molar-refractivity contribution < 1.29 is 14.6 Å². The summed E-state index contributed by atoms with van der Waals surface area (Å²) >= 11 is 3.01. The zero-order valence-corrected chi connectivity index (χ0v) is 21.4. The van der Waals surface area contributed by atoms with Gasteiger partial charge in [-0.15, -0.1) is 11.3 Å². The van der Waals surface area contributed by atoms with Gasteiger partial charge in [0.25, 0.3) is 0 Å². The van der Waals surface area contributed by atoms with Crippen LogP contribution in [0.2, 0.25) is 0 Å². The molecule has 0 atom stereocenters. The standard InChI is InChI=1S/C27H26N4O3S2/c1-34-24-17-21(26(32)33)9-12-23(24)29-36-25-18-35-27(28-25)31-15-13-30(14-16-31)22-10-7-20(8-11-22)19-5-3-2-4-6-19/h2-12,17-18,29H,13-16H2,1H3,(H,32,33). The molecule has 9 heteroatoms. The molecule has 2 heterocycles. The molecule has 0 aliphatic carbocycles. The minimum atomic E-state index is -0.985. The lowest BCUT2D eigenvalue weighted by Gasteiger charge is -2.36. The fourth-order valence-electron chi connectivity index (χ4n) is 4.11. The van der Waals surface area contributed by atoms with Crippen molar-refractivity contribution in [3.63, 3.8) is 0 Å². The minimum Gasteiger partial charge on any atom is -0.495 e. The van der Waals surface area contributed by atoms with Crippen molar-refractivity contribution in [2.75, 3.05) is 47.8 Å². The van der Waals surface area contributed by atoms with Crippen molar-refractivity contribution in [2.24, 2.45) is 0 Å². The number of aromatic nitrogens is 1. The molecular weight excluding hydrogens is 492 g/mol. The summed E-state index contributed by atoms with van der Waals surface area (Å²) in [5, 5.41) is 13.1. The Kier molecular flexibility index (Phi) is 7.29. The molecule has 36 heavy (non-hydrogen) atoms. The van der Waals surface area contributed by atoms with E-state index in [2.05, 4.69) is 63.1 Å². The number of nitrogens with zero attached hydrogens (tertiary/aromatic N) is 3. The first kappa shape index (κ1) is 24.0. The highest BCUT2D eigenvalue weighted by molar-refractivity contribution is 8.00. The van der Waals surface area contributed by atoms with Gasteiger partial charge >= 0.3 is 5.97 Å². The lowest BCUT2D eigenvalue weighted by molar-refractivity contribution is 0.0696. The number of methoxy groups -OCH3 is 1. The maximum absolute atomic E-state index is 11.2. The van der Waals surface area contributed by atoms with Crippen LogP contribution >= 0.6 is 23.3 Å². The number of carbonyl (C=O) groups is 1. The number of piperazine rings is 1. The second kappa shape index (κ2) is 10.9. The van der Waals surface area contributed by atoms with E-state index in [1.807, 2.05) is 11.4 Å². The van der Waals surface area contributed by atoms with Crippen molar-refractivity contribution in [2.45, 2.75) is 5.03 Å². The van der Waals surface area contributed by atoms with Crippen LogP contribution in [0.4, 0.5) is 16.5 Å². The number of aromatic carboxylic acids is 1. The summed E-state index contributed by atoms with van der Waals surface area (Å²) in [6.45, 7) is 3.71. The quantitative estimate of drug-likeness (QED) is 0.277. The molecule has 5 rings (SSSR count). The Morgan fingerprint density at radius 3 is 2.36 bits per heavy atom. The lowest BCUT2D eigenvalue weighted by Crippen LogP contribution is -2.46. The van der Waals surface area contributed by atoms with Crippen LogP contribution < -0.4 is 19.3 Å². The molecule has 1 aromatic heterocycles. The lowest BCUT2D eigenvalue weighted by atomic mass is 10.1. The van der Waals surface area contributed by atoms with E-state index < -0.39 is 5.97 Å². The van der Waals surface area contributed by atoms with Crippen molar-refractivity contribution in [1.82, 2.24) is 4.98 Å². The number of carboxylic acid groups (broad SMARTS) is 1. The van der Waals surface area contributed by atoms with Crippen LogP contribution in [-0.2, 0) is 0 Å². The molecule has 1 aliphatic heterocycles. The van der Waals surface area contributed by atoms with Crippen LogP contribution in [0.25, 0.3) is 11.1 Å². The fraction of sp³-hybridized carbons (Fsp3) is 0.185. The van der Waals surface area contributed by atoms with Crippen LogP contribution in [0.3, 0.4) is 0 Å². The molecular formula is C27H26N4O3S2. The van der Waals surface area contributed by atoms with Crippen LogP contribution in [0.15, 0.2) is 83.2 Å². The first-order valence-electron chi connectivity index (χ1n) is 11.6. The van der Waals surface area contributed by atoms with E-state index in [0.717, 1.165) is 36.3 Å². The Balaban J connectivity index is 1.16. The highest BCUT2D eigenvalue weighted by Crippen LogP contribution is 2.33. The Labute approximate surface area is 218 Å². The van der Waals surface area contributed by atoms with Crippen molar-refractivity contribution in [1.29, 1.82) is 0 Å². The Morgan fingerprint density at radius 1 is 0.972 bits per heavy atom. The summed E-state index contributed by atoms with van der Waals surface area (Å²) in [6.07, 6.45) is 0. The third-order valence-electron chi connectivity index (χ3n) is 6.07. The van der Waals surface area contributed by atoms with Gasteiger partial charge in [0.05, 0.1) is 18.4 Å². The third-order valence-corrected chi connectivity index (χ3v) is 7.87. The smallest absolute Gasteiger partial charge is 0.335 e. The van der Waals surface area contributed by atoms with E-state index in [9.17, 15) is 4.79 Å². The number of thiazole rings is 1. The van der Waals surface area contributed by atoms with Gasteiger partial charge in [-0.1, -0.05) is 42.5 Å². The molecule has 1 saturated heterocycles. The molecule has 4 aromatic rings. The number of anilines is 3. The van der Waals surface area contributed by atoms with Gasteiger partial charge in [0.2, 0.25) is 0 Å². The van der Waals surface area contributed by atoms with E-state index in [1.165, 1.54) is 41.9 Å². The van der Waals surface area contributed by atoms with Gasteiger partial charge in [0.1, 0.15) is 10.8 Å². The maximum atomic E-state index is 11.2. The molecule has 0 radical (unpaired) electrons. The highest BCUT2D eigenvalue weighted by Gasteiger charge is 2.20. The van der Waals surface area contributed by atoms with Crippen molar-refractivity contribution in [3.8, 4) is 16.9 Å². The number of hydrogen-bond donors (Lipinski definition) is 2. The second-order valence-corrected chi connectivity index (χ2v) is 9.94. The number of hydrogen-bond acceptors (Lipinski definition) is 8. The summed E-state index contributed by atoms with van der Waals surface area (Å²) in [5.41, 5.74) is 4.60. The first-order chi connectivity index (χ1) is 17.6. The predicted molar refractivity (Wildman–Crippen MR) is 148 cm³/mol. The molecule has 0 unspecified atom stereocenters. The molecule has 184 valence electrons. The van der Waals surface area contributed by atoms with Crippen LogP contribution in [0.1, 0.15) is 10.4 Å². The fourth-order valence-corrected chi connectivity index (χ4v) is 5.76. The summed E-state index contributed by atoms with van der Waals surface area (Å²) in [7, 11) is 1.52. The van der Waals surface area contributed by atoms with E-state index in [0.29, 0.717) is 11.4 Å². The summed E-state index contributed by atoms with van der Waals surface area (Å²) in [5.74, 6) is -0.508. The summed E-state index contributed by atoms with van der Waals surface area (Å²) in [6, 6.07) is 24.0. The molecule has 1 aliphatic rings. The van der Waals surface area contributed by atoms with Gasteiger partial charge in [-0.2, -0.15) is 0 Å². The van der Waals surface area contributed by atoms with Crippen molar-refractivity contribution >= 4 is 45.8 Å². The molecule has 0 saturated carbocycles. The van der Waals surface area contributed by atoms with Gasteiger partial charge in [0.15, 0.2) is 5.13 Å². The number of nitrogens with one attached hydrogen (secondary N) is 1. The van der Waals surface area contributed by atoms with Gasteiger partial charge in [-0.3, -0.25) is 0 Å². The monoisotopic (exact) mass is 518 g/mol. The zero-order valence-electron chi connectivity index (χ0n) is 19.8. The normalized spacial score (nSPS) is 13.5. The number of rotatable bonds is 8. The van der Waals surface area contributed by atoms with Crippen LogP contribution in [0, 0.1) is 0 Å². The second-order valence-electron chi connectivity index (χ2n) is 8.28. The maximum Gasteiger partial charge on any atom is 0.335 e. The topological polar surface area (TPSA) is 77.9 Å². The van der Waals surface area contributed by atoms with Gasteiger partial charge in [0, 0.05) is 49.2 Å². The largest absolute Gasteiger partial charge is 0.495 e. The first-order valence-corrected chi connectivity index (χ1v) is 13.3. The molecule has 0 bridgehead atoms. The molecule has 0 spiro atoms. The number of carboxylic acids is 1. The van der Waals surface area contributed by atoms with Gasteiger partial charge < -0.3 is 24.4 Å².